The van der Waals surface area contributed by atoms with Crippen molar-refractivity contribution in [3.63, 3.8) is 0 Å². The second-order valence-corrected chi connectivity index (χ2v) is 13.1. The molecule has 0 aromatic heterocycles. The Morgan fingerprint density at radius 1 is 0.929 bits per heavy atom. The number of ether oxygens (including phenoxy) is 1. The second-order valence-electron chi connectivity index (χ2n) is 12.3. The Bertz CT molecular complexity index is 1790. The molecular weight excluding hydrogens is 779 g/mol. The van der Waals surface area contributed by atoms with Gasteiger partial charge in [0, 0.05) is 41.4 Å². The lowest BCUT2D eigenvalue weighted by Gasteiger charge is -2.25. The minimum atomic E-state index is -4.64. The predicted octanol–water partition coefficient (Wildman–Crippen LogP) is 7.97. The summed E-state index contributed by atoms with van der Waals surface area (Å²) in [4.78, 5) is 45.8. The molecule has 3 amide bonds. The number of halogens is 6. The van der Waals surface area contributed by atoms with Crippen molar-refractivity contribution >= 4 is 71.5 Å². The molecule has 56 heavy (non-hydrogen) atoms. The molecule has 1 fully saturated rings. The van der Waals surface area contributed by atoms with Gasteiger partial charge in [-0.05, 0) is 92.2 Å². The summed E-state index contributed by atoms with van der Waals surface area (Å²) in [6.07, 6.45) is -2.79. The van der Waals surface area contributed by atoms with E-state index in [9.17, 15) is 27.6 Å². The van der Waals surface area contributed by atoms with Crippen LogP contribution in [0.5, 0.6) is 0 Å². The van der Waals surface area contributed by atoms with E-state index in [0.29, 0.717) is 35.8 Å². The summed E-state index contributed by atoms with van der Waals surface area (Å²) in [5, 5.41) is 11.8. The summed E-state index contributed by atoms with van der Waals surface area (Å²) in [6, 6.07) is 16.8. The highest BCUT2D eigenvalue weighted by Gasteiger charge is 2.45. The molecule has 6 N–H and O–H groups in total. The number of nitrogens with zero attached hydrogens (tertiary/aromatic N) is 3. The van der Waals surface area contributed by atoms with E-state index in [0.717, 1.165) is 17.3 Å². The van der Waals surface area contributed by atoms with Crippen molar-refractivity contribution in [3.05, 3.63) is 93.7 Å². The first-order valence-corrected chi connectivity index (χ1v) is 17.9. The second kappa shape index (κ2) is 23.8. The number of benzene rings is 3. The molecule has 0 saturated heterocycles. The molecule has 0 bridgehead atoms. The fourth-order valence-electron chi connectivity index (χ4n) is 4.34. The number of carbonyl (C=O) groups is 3. The number of anilines is 2. The van der Waals surface area contributed by atoms with Crippen molar-refractivity contribution in [3.8, 4) is 0 Å². The number of amides is 3. The van der Waals surface area contributed by atoms with Gasteiger partial charge < -0.3 is 31.7 Å². The van der Waals surface area contributed by atoms with Crippen molar-refractivity contribution in [2.75, 3.05) is 37.4 Å². The van der Waals surface area contributed by atoms with Gasteiger partial charge in [-0.25, -0.2) is 14.4 Å². The summed E-state index contributed by atoms with van der Waals surface area (Å²) in [6.45, 7) is 11.1. The SMILES string of the molecule is C=N/C(=N\C(=NC1(c2ccc(Cl)cc2)CC1)Nc1ccc(C(=O)NCC(C)(C)CNC(C)=O)c(F)c1)OCC(F)(F)F.CC.CN.O=CNc1ccc(Cl)cc1. The first-order chi connectivity index (χ1) is 26.4. The van der Waals surface area contributed by atoms with Crippen LogP contribution in [0, 0.1) is 11.2 Å². The van der Waals surface area contributed by atoms with Gasteiger partial charge >= 0.3 is 12.2 Å². The number of amidine groups is 1. The Labute approximate surface area is 334 Å². The van der Waals surface area contributed by atoms with Crippen molar-refractivity contribution < 1.29 is 36.7 Å². The number of alkyl halides is 3. The van der Waals surface area contributed by atoms with Gasteiger partial charge in [-0.2, -0.15) is 18.2 Å². The number of carbonyl (C=O) groups excluding carboxylic acids is 3. The number of hydrogen-bond donors (Lipinski definition) is 5. The molecule has 1 aliphatic carbocycles. The number of nitrogens with two attached hydrogens (primary N) is 1. The summed E-state index contributed by atoms with van der Waals surface area (Å²) in [7, 11) is 1.50. The Hall–Kier alpha value is -5.06. The fraction of sp³-hybridized carbons (Fsp3) is 0.368. The molecule has 0 unspecified atom stereocenters. The molecule has 306 valence electrons. The Morgan fingerprint density at radius 3 is 1.95 bits per heavy atom. The van der Waals surface area contributed by atoms with Gasteiger partial charge in [0.2, 0.25) is 18.3 Å². The van der Waals surface area contributed by atoms with Gasteiger partial charge in [-0.1, -0.05) is 63.0 Å². The predicted molar refractivity (Wildman–Crippen MR) is 216 cm³/mol. The zero-order valence-corrected chi connectivity index (χ0v) is 33.5. The smallest absolute Gasteiger partial charge is 0.422 e. The van der Waals surface area contributed by atoms with Crippen LogP contribution in [0.3, 0.4) is 0 Å². The van der Waals surface area contributed by atoms with Crippen LogP contribution in [0.1, 0.15) is 63.4 Å². The van der Waals surface area contributed by atoms with E-state index in [-0.39, 0.29) is 29.7 Å². The summed E-state index contributed by atoms with van der Waals surface area (Å²) in [5.41, 5.74) is 4.69. The molecular formula is C38H48Cl2F4N8O4. The van der Waals surface area contributed by atoms with Gasteiger partial charge in [0.15, 0.2) is 6.61 Å². The fourth-order valence-corrected chi connectivity index (χ4v) is 4.59. The lowest BCUT2D eigenvalue weighted by atomic mass is 9.93. The van der Waals surface area contributed by atoms with Crippen LogP contribution in [0.25, 0.3) is 0 Å². The van der Waals surface area contributed by atoms with E-state index in [1.807, 2.05) is 27.7 Å². The normalized spacial score (nSPS) is 13.1. The molecule has 0 radical (unpaired) electrons. The third-order valence-electron chi connectivity index (χ3n) is 7.21. The largest absolute Gasteiger partial charge is 0.454 e. The van der Waals surface area contributed by atoms with Crippen molar-refractivity contribution in [2.24, 2.45) is 26.1 Å². The molecule has 4 rings (SSSR count). The van der Waals surface area contributed by atoms with Crippen LogP contribution >= 0.6 is 23.2 Å². The molecule has 18 heteroatoms. The van der Waals surface area contributed by atoms with Crippen LogP contribution < -0.4 is 27.0 Å². The highest BCUT2D eigenvalue weighted by atomic mass is 35.5. The Morgan fingerprint density at radius 2 is 1.46 bits per heavy atom. The average molecular weight is 828 g/mol. The van der Waals surface area contributed by atoms with Gasteiger partial charge in [0.25, 0.3) is 5.91 Å². The van der Waals surface area contributed by atoms with Gasteiger partial charge in [-0.15, -0.1) is 0 Å². The summed E-state index contributed by atoms with van der Waals surface area (Å²) < 4.78 is 57.8. The number of hydrogen-bond acceptors (Lipinski definition) is 6. The van der Waals surface area contributed by atoms with Crippen molar-refractivity contribution in [1.29, 1.82) is 0 Å². The quantitative estimate of drug-likeness (QED) is 0.0568. The van der Waals surface area contributed by atoms with Crippen LogP contribution in [-0.4, -0.2) is 69.8 Å². The van der Waals surface area contributed by atoms with Crippen LogP contribution in [0.2, 0.25) is 10.0 Å². The van der Waals surface area contributed by atoms with E-state index in [2.05, 4.69) is 53.4 Å². The summed E-state index contributed by atoms with van der Waals surface area (Å²) >= 11 is 11.6. The standard InChI is InChI=1S/C28H31ClF4N6O3.C7H6ClNO.C2H6.CH5N/c1-17(40)35-14-26(2,3)15-36-23(41)21-10-9-20(13-22(21)30)37-24(38-25(34-4)42-16-28(31,32)33)39-27(11-12-27)18-5-7-19(29)8-6-18;8-6-1-3-7(4-2-6)9-5-10;2*1-2/h5-10,13H,4,11-12,14-16H2,1-3H3,(H,35,40)(H,36,41)(H,37,39);1-5H,(H,9,10);1-2H3;2H2,1H3/b38-25+;;;. The molecule has 0 aliphatic heterocycles. The summed E-state index contributed by atoms with van der Waals surface area (Å²) in [5.74, 6) is -1.95. The first kappa shape index (κ1) is 49.0. The molecule has 1 saturated carbocycles. The molecule has 3 aromatic carbocycles. The third kappa shape index (κ3) is 18.0. The van der Waals surface area contributed by atoms with E-state index < -0.39 is 41.5 Å². The van der Waals surface area contributed by atoms with E-state index in [1.165, 1.54) is 26.1 Å². The minimum absolute atomic E-state index is 0.115. The molecule has 0 atom stereocenters. The van der Waals surface area contributed by atoms with Crippen molar-refractivity contribution in [1.82, 2.24) is 10.6 Å². The highest BCUT2D eigenvalue weighted by Crippen LogP contribution is 2.50. The zero-order valence-electron chi connectivity index (χ0n) is 32.0. The highest BCUT2D eigenvalue weighted by molar-refractivity contribution is 6.30. The first-order valence-electron chi connectivity index (χ1n) is 17.2. The molecule has 0 heterocycles. The van der Waals surface area contributed by atoms with Crippen LogP contribution in [-0.2, 0) is 19.9 Å². The maximum Gasteiger partial charge on any atom is 0.422 e. The molecule has 3 aromatic rings. The maximum absolute atomic E-state index is 15.0. The van der Waals surface area contributed by atoms with Crippen molar-refractivity contribution in [2.45, 2.75) is 59.2 Å². The molecule has 0 spiro atoms. The Balaban J connectivity index is 0.000000951. The lowest BCUT2D eigenvalue weighted by molar-refractivity contribution is -0.156. The molecule has 1 aliphatic rings. The number of nitrogens with one attached hydrogen (secondary N) is 4. The lowest BCUT2D eigenvalue weighted by Crippen LogP contribution is -2.41. The van der Waals surface area contributed by atoms with E-state index in [1.54, 1.807) is 48.5 Å². The number of aliphatic imine (C=N–C) groups is 3. The third-order valence-corrected chi connectivity index (χ3v) is 7.71. The number of rotatable bonds is 11. The van der Waals surface area contributed by atoms with E-state index in [4.69, 9.17) is 23.2 Å². The van der Waals surface area contributed by atoms with Gasteiger partial charge in [0.05, 0.1) is 11.1 Å². The average Bonchev–Trinajstić information content (AvgIpc) is 3.94. The Kier molecular flexibility index (Phi) is 20.8. The van der Waals surface area contributed by atoms with Gasteiger partial charge in [0.1, 0.15) is 5.82 Å². The molecule has 12 nitrogen and oxygen atoms in total. The van der Waals surface area contributed by atoms with E-state index >= 15 is 4.39 Å². The van der Waals surface area contributed by atoms with Crippen LogP contribution in [0.4, 0.5) is 28.9 Å². The topological polar surface area (TPSA) is 172 Å². The monoisotopic (exact) mass is 826 g/mol. The van der Waals surface area contributed by atoms with Gasteiger partial charge in [-0.3, -0.25) is 14.4 Å². The maximum atomic E-state index is 15.0. The number of guanidine groups is 1. The van der Waals surface area contributed by atoms with Crippen LogP contribution in [0.15, 0.2) is 81.7 Å². The zero-order chi connectivity index (χ0) is 42.5. The minimum Gasteiger partial charge on any atom is -0.454 e.